The third kappa shape index (κ3) is 2.29. The van der Waals surface area contributed by atoms with Crippen LogP contribution in [0.2, 0.25) is 5.02 Å². The summed E-state index contributed by atoms with van der Waals surface area (Å²) in [6, 6.07) is 8.20. The highest BCUT2D eigenvalue weighted by Crippen LogP contribution is 2.41. The first-order chi connectivity index (χ1) is 8.17. The summed E-state index contributed by atoms with van der Waals surface area (Å²) in [5.74, 6) is 0.865. The Morgan fingerprint density at radius 1 is 1.41 bits per heavy atom. The summed E-state index contributed by atoms with van der Waals surface area (Å²) in [5, 5.41) is 4.53. The second kappa shape index (κ2) is 4.18. The molecule has 1 saturated carbocycles. The molecule has 1 aliphatic carbocycles. The normalized spacial score (nSPS) is 29.4. The highest BCUT2D eigenvalue weighted by molar-refractivity contribution is 6.30. The van der Waals surface area contributed by atoms with Crippen molar-refractivity contribution < 1.29 is 0 Å². The zero-order valence-electron chi connectivity index (χ0n) is 10.2. The third-order valence-electron chi connectivity index (χ3n) is 4.08. The van der Waals surface area contributed by atoms with Gasteiger partial charge in [-0.05, 0) is 43.9 Å². The van der Waals surface area contributed by atoms with Gasteiger partial charge in [0.2, 0.25) is 0 Å². The molecule has 3 rings (SSSR count). The second-order valence-electron chi connectivity index (χ2n) is 5.52. The maximum absolute atomic E-state index is 6.07. The van der Waals surface area contributed by atoms with Crippen molar-refractivity contribution in [2.45, 2.75) is 25.3 Å². The highest BCUT2D eigenvalue weighted by Gasteiger charge is 2.43. The molecule has 1 heterocycles. The first-order valence-corrected chi connectivity index (χ1v) is 6.81. The Bertz CT molecular complexity index is 416. The molecule has 1 atom stereocenters. The molecule has 1 N–H and O–H groups in total. The Morgan fingerprint density at radius 2 is 2.24 bits per heavy atom. The molecule has 1 aromatic carbocycles. The lowest BCUT2D eigenvalue weighted by atomic mass is 9.92. The molecule has 0 aromatic heterocycles. The van der Waals surface area contributed by atoms with Gasteiger partial charge in [0, 0.05) is 35.9 Å². The third-order valence-corrected chi connectivity index (χ3v) is 4.32. The molecule has 2 nitrogen and oxygen atoms in total. The fraction of sp³-hybridized carbons (Fsp3) is 0.571. The van der Waals surface area contributed by atoms with Gasteiger partial charge in [-0.1, -0.05) is 17.7 Å². The summed E-state index contributed by atoms with van der Waals surface area (Å²) in [5.41, 5.74) is 1.55. The monoisotopic (exact) mass is 250 g/mol. The van der Waals surface area contributed by atoms with Crippen LogP contribution in [0.3, 0.4) is 0 Å². The van der Waals surface area contributed by atoms with Crippen molar-refractivity contribution in [3.8, 4) is 0 Å². The van der Waals surface area contributed by atoms with Gasteiger partial charge in [0.15, 0.2) is 0 Å². The van der Waals surface area contributed by atoms with Gasteiger partial charge in [-0.2, -0.15) is 0 Å². The van der Waals surface area contributed by atoms with Crippen LogP contribution < -0.4 is 10.2 Å². The van der Waals surface area contributed by atoms with Crippen molar-refractivity contribution in [3.63, 3.8) is 0 Å². The average molecular weight is 251 g/mol. The Balaban J connectivity index is 1.79. The van der Waals surface area contributed by atoms with Gasteiger partial charge in [-0.3, -0.25) is 0 Å². The summed E-state index contributed by atoms with van der Waals surface area (Å²) in [6.45, 7) is 5.60. The van der Waals surface area contributed by atoms with E-state index in [4.69, 9.17) is 11.6 Å². The lowest BCUT2D eigenvalue weighted by Crippen LogP contribution is -2.60. The van der Waals surface area contributed by atoms with Gasteiger partial charge in [0.25, 0.3) is 0 Å². The molecule has 0 radical (unpaired) electrons. The largest absolute Gasteiger partial charge is 0.368 e. The van der Waals surface area contributed by atoms with Crippen LogP contribution in [-0.4, -0.2) is 25.2 Å². The smallest absolute Gasteiger partial charge is 0.0426 e. The van der Waals surface area contributed by atoms with E-state index in [1.807, 2.05) is 12.1 Å². The van der Waals surface area contributed by atoms with Crippen LogP contribution in [0.15, 0.2) is 24.3 Å². The van der Waals surface area contributed by atoms with E-state index in [2.05, 4.69) is 29.3 Å². The number of rotatable bonds is 2. The maximum Gasteiger partial charge on any atom is 0.0426 e. The lowest BCUT2D eigenvalue weighted by molar-refractivity contribution is 0.285. The number of halogens is 1. The van der Waals surface area contributed by atoms with Crippen molar-refractivity contribution in [2.24, 2.45) is 5.92 Å². The summed E-state index contributed by atoms with van der Waals surface area (Å²) < 4.78 is 0. The Morgan fingerprint density at radius 3 is 2.94 bits per heavy atom. The van der Waals surface area contributed by atoms with E-state index < -0.39 is 0 Å². The van der Waals surface area contributed by atoms with E-state index in [9.17, 15) is 0 Å². The molecular formula is C14H19ClN2. The Labute approximate surface area is 108 Å². The van der Waals surface area contributed by atoms with Crippen molar-refractivity contribution in [3.05, 3.63) is 29.3 Å². The molecule has 1 aliphatic heterocycles. The van der Waals surface area contributed by atoms with Crippen LogP contribution in [-0.2, 0) is 0 Å². The number of anilines is 1. The summed E-state index contributed by atoms with van der Waals surface area (Å²) in [4.78, 5) is 2.46. The summed E-state index contributed by atoms with van der Waals surface area (Å²) in [7, 11) is 0. The predicted molar refractivity (Wildman–Crippen MR) is 72.8 cm³/mol. The van der Waals surface area contributed by atoms with E-state index in [0.717, 1.165) is 30.6 Å². The topological polar surface area (TPSA) is 15.3 Å². The van der Waals surface area contributed by atoms with Gasteiger partial charge in [-0.15, -0.1) is 0 Å². The standard InChI is InChI=1S/C14H19ClN2/c1-14(11-5-6-11)10-17(8-7-16-14)13-4-2-3-12(15)9-13/h2-4,9,11,16H,5-8,10H2,1H3. The van der Waals surface area contributed by atoms with Crippen molar-refractivity contribution >= 4 is 17.3 Å². The molecule has 92 valence electrons. The van der Waals surface area contributed by atoms with Crippen molar-refractivity contribution in [1.82, 2.24) is 5.32 Å². The predicted octanol–water partition coefficient (Wildman–Crippen LogP) is 2.92. The second-order valence-corrected chi connectivity index (χ2v) is 5.96. The molecule has 2 fully saturated rings. The lowest BCUT2D eigenvalue weighted by Gasteiger charge is -2.43. The van der Waals surface area contributed by atoms with Gasteiger partial charge < -0.3 is 10.2 Å². The van der Waals surface area contributed by atoms with Crippen LogP contribution in [0.4, 0.5) is 5.69 Å². The SMILES string of the molecule is CC1(C2CC2)CN(c2cccc(Cl)c2)CCN1. The van der Waals surface area contributed by atoms with Crippen LogP contribution in [0.1, 0.15) is 19.8 Å². The van der Waals surface area contributed by atoms with E-state index in [0.29, 0.717) is 5.54 Å². The minimum absolute atomic E-state index is 0.292. The Hall–Kier alpha value is -0.730. The minimum Gasteiger partial charge on any atom is -0.368 e. The first-order valence-electron chi connectivity index (χ1n) is 6.43. The summed E-state index contributed by atoms with van der Waals surface area (Å²) in [6.07, 6.45) is 2.76. The van der Waals surface area contributed by atoms with E-state index in [1.165, 1.54) is 18.5 Å². The molecule has 1 saturated heterocycles. The fourth-order valence-corrected chi connectivity index (χ4v) is 3.08. The zero-order chi connectivity index (χ0) is 11.9. The molecule has 2 aliphatic rings. The first kappa shape index (κ1) is 11.4. The maximum atomic E-state index is 6.07. The number of hydrogen-bond acceptors (Lipinski definition) is 2. The fourth-order valence-electron chi connectivity index (χ4n) is 2.89. The summed E-state index contributed by atoms with van der Waals surface area (Å²) >= 11 is 6.07. The Kier molecular flexibility index (Phi) is 2.80. The van der Waals surface area contributed by atoms with E-state index >= 15 is 0 Å². The highest BCUT2D eigenvalue weighted by atomic mass is 35.5. The quantitative estimate of drug-likeness (QED) is 0.868. The van der Waals surface area contributed by atoms with Crippen LogP contribution in [0, 0.1) is 5.92 Å². The van der Waals surface area contributed by atoms with Crippen LogP contribution in [0.5, 0.6) is 0 Å². The molecule has 1 aromatic rings. The van der Waals surface area contributed by atoms with Gasteiger partial charge in [-0.25, -0.2) is 0 Å². The number of piperazine rings is 1. The van der Waals surface area contributed by atoms with Crippen molar-refractivity contribution in [1.29, 1.82) is 0 Å². The molecule has 1 unspecified atom stereocenters. The van der Waals surface area contributed by atoms with Gasteiger partial charge >= 0.3 is 0 Å². The van der Waals surface area contributed by atoms with E-state index in [-0.39, 0.29) is 0 Å². The van der Waals surface area contributed by atoms with E-state index in [1.54, 1.807) is 0 Å². The van der Waals surface area contributed by atoms with Crippen molar-refractivity contribution in [2.75, 3.05) is 24.5 Å². The molecule has 3 heteroatoms. The number of nitrogens with one attached hydrogen (secondary N) is 1. The minimum atomic E-state index is 0.292. The number of nitrogens with zero attached hydrogens (tertiary/aromatic N) is 1. The molecule has 0 amide bonds. The molecule has 0 spiro atoms. The number of benzene rings is 1. The van der Waals surface area contributed by atoms with Gasteiger partial charge in [0.05, 0.1) is 0 Å². The molecule has 0 bridgehead atoms. The van der Waals surface area contributed by atoms with Gasteiger partial charge in [0.1, 0.15) is 0 Å². The average Bonchev–Trinajstić information content (AvgIpc) is 3.13. The molecule has 17 heavy (non-hydrogen) atoms. The molecular weight excluding hydrogens is 232 g/mol. The number of hydrogen-bond donors (Lipinski definition) is 1. The van der Waals surface area contributed by atoms with Crippen LogP contribution >= 0.6 is 11.6 Å². The zero-order valence-corrected chi connectivity index (χ0v) is 11.0. The van der Waals surface area contributed by atoms with Crippen LogP contribution in [0.25, 0.3) is 0 Å².